The average Bonchev–Trinajstić information content (AvgIpc) is 2.41. The van der Waals surface area contributed by atoms with E-state index in [1.54, 1.807) is 12.1 Å². The highest BCUT2D eigenvalue weighted by Gasteiger charge is 2.07. The van der Waals surface area contributed by atoms with Crippen LogP contribution in [-0.4, -0.2) is 15.1 Å². The van der Waals surface area contributed by atoms with Gasteiger partial charge in [0.2, 0.25) is 0 Å². The quantitative estimate of drug-likeness (QED) is 0.615. The van der Waals surface area contributed by atoms with Crippen LogP contribution in [0.3, 0.4) is 0 Å². The predicted molar refractivity (Wildman–Crippen MR) is 77.2 cm³/mol. The molecule has 0 radical (unpaired) electrons. The van der Waals surface area contributed by atoms with Crippen molar-refractivity contribution in [3.8, 4) is 0 Å². The molecule has 2 aromatic heterocycles. The lowest BCUT2D eigenvalue weighted by molar-refractivity contribution is 0.276. The Bertz CT molecular complexity index is 590. The maximum absolute atomic E-state index is 9.03. The van der Waals surface area contributed by atoms with Crippen LogP contribution < -0.4 is 17.2 Å². The molecule has 0 saturated heterocycles. The molecule has 19 heavy (non-hydrogen) atoms. The topological polar surface area (TPSA) is 124 Å². The van der Waals surface area contributed by atoms with Crippen molar-refractivity contribution in [2.75, 3.05) is 17.2 Å². The van der Waals surface area contributed by atoms with Crippen LogP contribution in [0.5, 0.6) is 0 Å². The molecule has 0 aromatic carbocycles. The molecule has 6 nitrogen and oxygen atoms in total. The van der Waals surface area contributed by atoms with Crippen LogP contribution in [0.2, 0.25) is 0 Å². The Labute approximate surface area is 115 Å². The average molecular weight is 277 g/mol. The van der Waals surface area contributed by atoms with Gasteiger partial charge in [0, 0.05) is 10.6 Å². The molecular weight excluding hydrogens is 262 g/mol. The van der Waals surface area contributed by atoms with Crippen molar-refractivity contribution in [3.05, 3.63) is 35.7 Å². The number of aliphatic hydroxyl groups excluding tert-OH is 1. The summed E-state index contributed by atoms with van der Waals surface area (Å²) in [6.45, 7) is -0.0736. The molecule has 2 rings (SSSR count). The Balaban J connectivity index is 2.14. The van der Waals surface area contributed by atoms with E-state index in [1.807, 2.05) is 12.1 Å². The van der Waals surface area contributed by atoms with Gasteiger partial charge >= 0.3 is 0 Å². The largest absolute Gasteiger partial charge is 0.395 e. The SMILES string of the molecule is Nc1cc(SCc2cccc(CO)n2)c(N)c(N)n1. The van der Waals surface area contributed by atoms with E-state index in [2.05, 4.69) is 9.97 Å². The summed E-state index contributed by atoms with van der Waals surface area (Å²) < 4.78 is 0. The van der Waals surface area contributed by atoms with E-state index in [0.29, 0.717) is 23.0 Å². The van der Waals surface area contributed by atoms with Crippen molar-refractivity contribution in [1.29, 1.82) is 0 Å². The molecule has 0 aliphatic carbocycles. The summed E-state index contributed by atoms with van der Waals surface area (Å²) in [4.78, 5) is 8.95. The van der Waals surface area contributed by atoms with Crippen LogP contribution in [0.15, 0.2) is 29.2 Å². The Morgan fingerprint density at radius 1 is 1.11 bits per heavy atom. The van der Waals surface area contributed by atoms with Gasteiger partial charge in [-0.15, -0.1) is 11.8 Å². The van der Waals surface area contributed by atoms with Crippen LogP contribution in [0, 0.1) is 0 Å². The highest BCUT2D eigenvalue weighted by Crippen LogP contribution is 2.31. The van der Waals surface area contributed by atoms with Gasteiger partial charge in [-0.05, 0) is 18.2 Å². The first kappa shape index (κ1) is 13.4. The molecule has 0 aliphatic rings. The molecule has 0 unspecified atom stereocenters. The lowest BCUT2D eigenvalue weighted by atomic mass is 10.3. The van der Waals surface area contributed by atoms with Crippen molar-refractivity contribution in [2.24, 2.45) is 0 Å². The van der Waals surface area contributed by atoms with Gasteiger partial charge in [0.1, 0.15) is 11.6 Å². The van der Waals surface area contributed by atoms with Gasteiger partial charge in [0.15, 0.2) is 0 Å². The Hall–Kier alpha value is -1.99. The van der Waals surface area contributed by atoms with Gasteiger partial charge in [0.25, 0.3) is 0 Å². The number of hydrogen-bond donors (Lipinski definition) is 4. The molecule has 0 atom stereocenters. The lowest BCUT2D eigenvalue weighted by Crippen LogP contribution is -2.03. The summed E-state index contributed by atoms with van der Waals surface area (Å²) in [6, 6.07) is 7.19. The number of pyridine rings is 2. The van der Waals surface area contributed by atoms with Crippen molar-refractivity contribution in [3.63, 3.8) is 0 Å². The Morgan fingerprint density at radius 2 is 1.84 bits per heavy atom. The molecule has 7 heteroatoms. The molecule has 0 amide bonds. The minimum Gasteiger partial charge on any atom is -0.395 e. The third kappa shape index (κ3) is 3.27. The van der Waals surface area contributed by atoms with E-state index in [1.165, 1.54) is 11.8 Å². The van der Waals surface area contributed by atoms with Crippen LogP contribution in [-0.2, 0) is 12.4 Å². The fourth-order valence-electron chi connectivity index (χ4n) is 1.54. The molecule has 100 valence electrons. The lowest BCUT2D eigenvalue weighted by Gasteiger charge is -2.08. The molecule has 0 bridgehead atoms. The predicted octanol–water partition coefficient (Wildman–Crippen LogP) is 1.01. The summed E-state index contributed by atoms with van der Waals surface area (Å²) >= 11 is 1.48. The van der Waals surface area contributed by atoms with Crippen molar-refractivity contribution in [1.82, 2.24) is 9.97 Å². The van der Waals surface area contributed by atoms with Gasteiger partial charge in [-0.25, -0.2) is 4.98 Å². The number of nitrogens with zero attached hydrogens (tertiary/aromatic N) is 2. The molecular formula is C12H15N5OS. The van der Waals surface area contributed by atoms with Crippen molar-refractivity contribution < 1.29 is 5.11 Å². The fourth-order valence-corrected chi connectivity index (χ4v) is 2.47. The third-order valence-corrected chi connectivity index (χ3v) is 3.56. The second kappa shape index (κ2) is 5.77. The van der Waals surface area contributed by atoms with Crippen molar-refractivity contribution >= 4 is 29.1 Å². The standard InChI is InChI=1S/C12H15N5OS/c13-10-4-9(11(14)12(15)17-10)19-6-8-3-1-2-7(5-18)16-8/h1-4,18H,5-6,14H2,(H4,13,15,17). The summed E-state index contributed by atoms with van der Waals surface area (Å²) in [7, 11) is 0. The molecule has 7 N–H and O–H groups in total. The summed E-state index contributed by atoms with van der Waals surface area (Å²) in [5.41, 5.74) is 19.1. The molecule has 0 saturated carbocycles. The molecule has 2 aromatic rings. The van der Waals surface area contributed by atoms with E-state index in [0.717, 1.165) is 10.6 Å². The zero-order valence-corrected chi connectivity index (χ0v) is 11.0. The van der Waals surface area contributed by atoms with Gasteiger partial charge in [-0.3, -0.25) is 4.98 Å². The van der Waals surface area contributed by atoms with E-state index < -0.39 is 0 Å². The zero-order chi connectivity index (χ0) is 13.8. The van der Waals surface area contributed by atoms with Gasteiger partial charge in [-0.1, -0.05) is 6.07 Å². The monoisotopic (exact) mass is 277 g/mol. The second-order valence-corrected chi connectivity index (χ2v) is 4.93. The number of nitrogen functional groups attached to an aromatic ring is 3. The summed E-state index contributed by atoms with van der Waals surface area (Å²) in [5.74, 6) is 1.19. The maximum Gasteiger partial charge on any atom is 0.150 e. The van der Waals surface area contributed by atoms with E-state index in [9.17, 15) is 0 Å². The van der Waals surface area contributed by atoms with Gasteiger partial charge in [-0.2, -0.15) is 0 Å². The highest BCUT2D eigenvalue weighted by atomic mass is 32.2. The number of aliphatic hydroxyl groups is 1. The normalized spacial score (nSPS) is 10.6. The molecule has 0 spiro atoms. The number of thioether (sulfide) groups is 1. The maximum atomic E-state index is 9.03. The summed E-state index contributed by atoms with van der Waals surface area (Å²) in [6.07, 6.45) is 0. The fraction of sp³-hybridized carbons (Fsp3) is 0.167. The Kier molecular flexibility index (Phi) is 4.08. The van der Waals surface area contributed by atoms with Crippen molar-refractivity contribution in [2.45, 2.75) is 17.3 Å². The molecule has 0 aliphatic heterocycles. The van der Waals surface area contributed by atoms with E-state index in [4.69, 9.17) is 22.3 Å². The first-order chi connectivity index (χ1) is 9.10. The second-order valence-electron chi connectivity index (χ2n) is 3.91. The van der Waals surface area contributed by atoms with Gasteiger partial charge < -0.3 is 22.3 Å². The number of aromatic nitrogens is 2. The number of rotatable bonds is 4. The van der Waals surface area contributed by atoms with E-state index >= 15 is 0 Å². The van der Waals surface area contributed by atoms with Crippen LogP contribution >= 0.6 is 11.8 Å². The van der Waals surface area contributed by atoms with Crippen LogP contribution in [0.25, 0.3) is 0 Å². The number of anilines is 3. The third-order valence-electron chi connectivity index (χ3n) is 2.47. The highest BCUT2D eigenvalue weighted by molar-refractivity contribution is 7.98. The van der Waals surface area contributed by atoms with Crippen LogP contribution in [0.4, 0.5) is 17.3 Å². The molecule has 0 fully saturated rings. The zero-order valence-electron chi connectivity index (χ0n) is 10.2. The summed E-state index contributed by atoms with van der Waals surface area (Å²) in [5, 5.41) is 9.03. The Morgan fingerprint density at radius 3 is 2.58 bits per heavy atom. The van der Waals surface area contributed by atoms with Gasteiger partial charge in [0.05, 0.1) is 23.7 Å². The first-order valence-corrected chi connectivity index (χ1v) is 6.58. The van der Waals surface area contributed by atoms with Crippen LogP contribution in [0.1, 0.15) is 11.4 Å². The number of hydrogen-bond acceptors (Lipinski definition) is 7. The molecule has 2 heterocycles. The first-order valence-electron chi connectivity index (χ1n) is 5.60. The minimum absolute atomic E-state index is 0.0736. The number of nitrogens with two attached hydrogens (primary N) is 3. The minimum atomic E-state index is -0.0736. The van der Waals surface area contributed by atoms with E-state index in [-0.39, 0.29) is 12.4 Å². The smallest absolute Gasteiger partial charge is 0.150 e.